The summed E-state index contributed by atoms with van der Waals surface area (Å²) < 4.78 is 5.66. The largest absolute Gasteiger partial charge is 0.455 e. The Morgan fingerprint density at radius 1 is 0.909 bits per heavy atom. The number of benzene rings is 2. The summed E-state index contributed by atoms with van der Waals surface area (Å²) in [5.74, 6) is 0.345. The third-order valence-corrected chi connectivity index (χ3v) is 7.87. The Morgan fingerprint density at radius 2 is 1.52 bits per heavy atom. The van der Waals surface area contributed by atoms with Gasteiger partial charge in [-0.2, -0.15) is 0 Å². The van der Waals surface area contributed by atoms with Crippen LogP contribution in [0.1, 0.15) is 49.7 Å². The minimum Gasteiger partial charge on any atom is -0.455 e. The molecular weight excluding hydrogens is 414 g/mol. The SMILES string of the molecule is O=C(COC(=O)C12CC3CC(CC(O)(C3)C1)C2)N(CCc1ccccc1)Cc1ccccc1. The van der Waals surface area contributed by atoms with E-state index in [9.17, 15) is 14.7 Å². The maximum atomic E-state index is 13.2. The number of ether oxygens (including phenoxy) is 1. The second kappa shape index (κ2) is 8.94. The van der Waals surface area contributed by atoms with E-state index in [1.54, 1.807) is 4.90 Å². The van der Waals surface area contributed by atoms with Gasteiger partial charge in [0.2, 0.25) is 0 Å². The molecule has 33 heavy (non-hydrogen) atoms. The Kier molecular flexibility index (Phi) is 6.00. The highest BCUT2D eigenvalue weighted by Gasteiger charge is 2.60. The Bertz CT molecular complexity index is 975. The van der Waals surface area contributed by atoms with Crippen molar-refractivity contribution in [3.05, 3.63) is 71.8 Å². The van der Waals surface area contributed by atoms with Crippen molar-refractivity contribution < 1.29 is 19.4 Å². The summed E-state index contributed by atoms with van der Waals surface area (Å²) in [6, 6.07) is 20.0. The Morgan fingerprint density at radius 3 is 2.12 bits per heavy atom. The van der Waals surface area contributed by atoms with Crippen molar-refractivity contribution >= 4 is 11.9 Å². The topological polar surface area (TPSA) is 66.8 Å². The number of carbonyl (C=O) groups excluding carboxylic acids is 2. The number of hydrogen-bond acceptors (Lipinski definition) is 4. The monoisotopic (exact) mass is 447 g/mol. The molecule has 5 nitrogen and oxygen atoms in total. The van der Waals surface area contributed by atoms with Crippen molar-refractivity contribution in [1.82, 2.24) is 4.90 Å². The fourth-order valence-electron chi connectivity index (χ4n) is 6.83. The van der Waals surface area contributed by atoms with Gasteiger partial charge in [0.25, 0.3) is 5.91 Å². The van der Waals surface area contributed by atoms with Gasteiger partial charge in [0.15, 0.2) is 6.61 Å². The average molecular weight is 448 g/mol. The summed E-state index contributed by atoms with van der Waals surface area (Å²) in [7, 11) is 0. The number of carbonyl (C=O) groups is 2. The van der Waals surface area contributed by atoms with Gasteiger partial charge in [-0.3, -0.25) is 9.59 Å². The van der Waals surface area contributed by atoms with Crippen LogP contribution in [-0.2, 0) is 27.3 Å². The number of nitrogens with zero attached hydrogens (tertiary/aromatic N) is 1. The van der Waals surface area contributed by atoms with Crippen LogP contribution in [0.5, 0.6) is 0 Å². The number of hydrogen-bond donors (Lipinski definition) is 1. The third-order valence-electron chi connectivity index (χ3n) is 7.87. The number of rotatable bonds is 8. The van der Waals surface area contributed by atoms with Crippen LogP contribution in [0.15, 0.2) is 60.7 Å². The number of esters is 1. The van der Waals surface area contributed by atoms with Crippen LogP contribution in [0.25, 0.3) is 0 Å². The lowest BCUT2D eigenvalue weighted by molar-refractivity contribution is -0.197. The highest BCUT2D eigenvalue weighted by molar-refractivity contribution is 5.83. The van der Waals surface area contributed by atoms with Crippen molar-refractivity contribution in [3.8, 4) is 0 Å². The smallest absolute Gasteiger partial charge is 0.312 e. The highest BCUT2D eigenvalue weighted by atomic mass is 16.5. The van der Waals surface area contributed by atoms with Gasteiger partial charge < -0.3 is 14.7 Å². The summed E-state index contributed by atoms with van der Waals surface area (Å²) in [5.41, 5.74) is 0.894. The molecule has 0 radical (unpaired) electrons. The van der Waals surface area contributed by atoms with E-state index in [1.807, 2.05) is 48.5 Å². The molecule has 4 aliphatic carbocycles. The van der Waals surface area contributed by atoms with Gasteiger partial charge in [0.1, 0.15) is 0 Å². The maximum absolute atomic E-state index is 13.2. The first-order chi connectivity index (χ1) is 15.9. The van der Waals surface area contributed by atoms with E-state index in [1.165, 1.54) is 5.56 Å². The Labute approximate surface area is 195 Å². The zero-order valence-electron chi connectivity index (χ0n) is 19.1. The molecule has 0 aromatic heterocycles. The molecule has 2 aromatic rings. The molecule has 2 unspecified atom stereocenters. The second-order valence-electron chi connectivity index (χ2n) is 10.6. The molecule has 0 saturated heterocycles. The molecule has 4 fully saturated rings. The molecule has 174 valence electrons. The molecule has 5 heteroatoms. The fraction of sp³-hybridized carbons (Fsp3) is 0.500. The van der Waals surface area contributed by atoms with Crippen molar-refractivity contribution in [3.63, 3.8) is 0 Å². The molecule has 2 aromatic carbocycles. The zero-order valence-corrected chi connectivity index (χ0v) is 19.1. The van der Waals surface area contributed by atoms with Gasteiger partial charge in [-0.05, 0) is 67.9 Å². The first kappa shape index (κ1) is 22.1. The molecule has 0 aliphatic heterocycles. The van der Waals surface area contributed by atoms with E-state index in [0.29, 0.717) is 31.3 Å². The van der Waals surface area contributed by atoms with Gasteiger partial charge in [-0.1, -0.05) is 60.7 Å². The molecule has 1 amide bonds. The number of aliphatic hydroxyl groups is 1. The first-order valence-electron chi connectivity index (χ1n) is 12.2. The summed E-state index contributed by atoms with van der Waals surface area (Å²) in [6.45, 7) is 0.805. The molecular formula is C28H33NO4. The zero-order chi connectivity index (χ0) is 22.9. The van der Waals surface area contributed by atoms with Gasteiger partial charge >= 0.3 is 5.97 Å². The van der Waals surface area contributed by atoms with Crippen LogP contribution < -0.4 is 0 Å². The summed E-state index contributed by atoms with van der Waals surface area (Å²) in [4.78, 5) is 28.1. The fourth-order valence-corrected chi connectivity index (χ4v) is 6.83. The quantitative estimate of drug-likeness (QED) is 0.618. The van der Waals surface area contributed by atoms with Crippen LogP contribution in [-0.4, -0.2) is 40.6 Å². The lowest BCUT2D eigenvalue weighted by Gasteiger charge is -2.58. The molecule has 0 heterocycles. The van der Waals surface area contributed by atoms with Gasteiger partial charge in [0.05, 0.1) is 11.0 Å². The van der Waals surface area contributed by atoms with Crippen LogP contribution in [0.2, 0.25) is 0 Å². The molecule has 1 N–H and O–H groups in total. The molecule has 6 rings (SSSR count). The highest BCUT2D eigenvalue weighted by Crippen LogP contribution is 2.61. The van der Waals surface area contributed by atoms with E-state index in [4.69, 9.17) is 4.74 Å². The number of amides is 1. The predicted octanol–water partition coefficient (Wildman–Crippen LogP) is 4.13. The van der Waals surface area contributed by atoms with Crippen molar-refractivity contribution in [2.24, 2.45) is 17.3 Å². The summed E-state index contributed by atoms with van der Waals surface area (Å²) >= 11 is 0. The van der Waals surface area contributed by atoms with Crippen LogP contribution in [0.3, 0.4) is 0 Å². The predicted molar refractivity (Wildman–Crippen MR) is 125 cm³/mol. The van der Waals surface area contributed by atoms with Crippen LogP contribution >= 0.6 is 0 Å². The van der Waals surface area contributed by atoms with Gasteiger partial charge in [0, 0.05) is 13.1 Å². The van der Waals surface area contributed by atoms with Crippen molar-refractivity contribution in [2.45, 2.75) is 57.1 Å². The Balaban J connectivity index is 1.23. The molecule has 4 bridgehead atoms. The maximum Gasteiger partial charge on any atom is 0.312 e. The van der Waals surface area contributed by atoms with Crippen molar-refractivity contribution in [2.75, 3.05) is 13.2 Å². The molecule has 2 atom stereocenters. The third kappa shape index (κ3) is 4.84. The lowest BCUT2D eigenvalue weighted by atomic mass is 9.48. The van der Waals surface area contributed by atoms with E-state index in [-0.39, 0.29) is 18.5 Å². The first-order valence-corrected chi connectivity index (χ1v) is 12.2. The summed E-state index contributed by atoms with van der Waals surface area (Å²) in [6.07, 6.45) is 5.54. The standard InChI is InChI=1S/C28H33NO4/c30-25(19-33-26(31)27-14-23-13-24(15-27)17-28(32,16-23)20-27)29(18-22-9-5-2-6-10-22)12-11-21-7-3-1-4-8-21/h1-10,23-24,32H,11-20H2. The van der Waals surface area contributed by atoms with Crippen molar-refractivity contribution in [1.29, 1.82) is 0 Å². The minimum atomic E-state index is -0.720. The Hall–Kier alpha value is -2.66. The normalized spacial score (nSPS) is 29.6. The molecule has 4 saturated carbocycles. The minimum absolute atomic E-state index is 0.174. The van der Waals surface area contributed by atoms with E-state index in [0.717, 1.165) is 44.1 Å². The average Bonchev–Trinajstić information content (AvgIpc) is 2.79. The van der Waals surface area contributed by atoms with E-state index >= 15 is 0 Å². The lowest BCUT2D eigenvalue weighted by Crippen LogP contribution is -2.58. The second-order valence-corrected chi connectivity index (χ2v) is 10.6. The van der Waals surface area contributed by atoms with Gasteiger partial charge in [-0.15, -0.1) is 0 Å². The van der Waals surface area contributed by atoms with E-state index < -0.39 is 11.0 Å². The summed E-state index contributed by atoms with van der Waals surface area (Å²) in [5, 5.41) is 10.9. The van der Waals surface area contributed by atoms with Crippen LogP contribution in [0.4, 0.5) is 0 Å². The van der Waals surface area contributed by atoms with Gasteiger partial charge in [-0.25, -0.2) is 0 Å². The van der Waals surface area contributed by atoms with Crippen LogP contribution in [0, 0.1) is 17.3 Å². The molecule has 0 spiro atoms. The molecule has 4 aliphatic rings. The van der Waals surface area contributed by atoms with E-state index in [2.05, 4.69) is 12.1 Å².